The third-order valence-corrected chi connectivity index (χ3v) is 2.29. The van der Waals surface area contributed by atoms with Crippen LogP contribution in [0, 0.1) is 10.1 Å². The molecule has 0 saturated carbocycles. The van der Waals surface area contributed by atoms with Crippen molar-refractivity contribution >= 4 is 36.1 Å². The van der Waals surface area contributed by atoms with Crippen LogP contribution in [0.4, 0.5) is 11.4 Å². The van der Waals surface area contributed by atoms with Crippen molar-refractivity contribution in [3.8, 4) is 0 Å². The minimum absolute atomic E-state index is 0.00193. The van der Waals surface area contributed by atoms with Gasteiger partial charge in [0.05, 0.1) is 10.4 Å². The van der Waals surface area contributed by atoms with E-state index in [4.69, 9.17) is 10.0 Å². The molecule has 0 spiro atoms. The smallest absolute Gasteiger partial charge is 0.423 e. The number of hydrogen-bond donors (Lipinski definition) is 3. The standard InChI is InChI=1S/C10H11BN2O6/c14-6-2-5-9(15)12-8-4-1-3-7(11(16)17)10(8)13(18)19/h1,3-4,6,16-17H,2,5H2,(H,12,15). The summed E-state index contributed by atoms with van der Waals surface area (Å²) in [5.41, 5.74) is -1.05. The number of nitrogens with zero attached hydrogens (tertiary/aromatic N) is 1. The van der Waals surface area contributed by atoms with E-state index in [-0.39, 0.29) is 24.0 Å². The first kappa shape index (κ1) is 14.8. The molecule has 100 valence electrons. The monoisotopic (exact) mass is 266 g/mol. The molecule has 8 nitrogen and oxygen atoms in total. The molecule has 1 rings (SSSR count). The van der Waals surface area contributed by atoms with E-state index in [2.05, 4.69) is 5.32 Å². The molecule has 0 aliphatic carbocycles. The molecule has 1 aromatic carbocycles. The number of benzene rings is 1. The molecule has 3 N–H and O–H groups in total. The lowest BCUT2D eigenvalue weighted by molar-refractivity contribution is -0.382. The largest absolute Gasteiger partial charge is 0.495 e. The lowest BCUT2D eigenvalue weighted by Gasteiger charge is -2.08. The lowest BCUT2D eigenvalue weighted by Crippen LogP contribution is -2.32. The summed E-state index contributed by atoms with van der Waals surface area (Å²) in [5.74, 6) is -0.570. The van der Waals surface area contributed by atoms with Crippen molar-refractivity contribution in [3.63, 3.8) is 0 Å². The van der Waals surface area contributed by atoms with Gasteiger partial charge < -0.3 is 20.2 Å². The first-order valence-corrected chi connectivity index (χ1v) is 5.34. The fourth-order valence-corrected chi connectivity index (χ4v) is 1.48. The Labute approximate surface area is 108 Å². The second-order valence-corrected chi connectivity index (χ2v) is 3.63. The Balaban J connectivity index is 3.06. The van der Waals surface area contributed by atoms with Crippen LogP contribution in [-0.2, 0) is 9.59 Å². The van der Waals surface area contributed by atoms with Crippen LogP contribution in [0.15, 0.2) is 18.2 Å². The molecule has 0 atom stereocenters. The van der Waals surface area contributed by atoms with Gasteiger partial charge in [0, 0.05) is 12.8 Å². The summed E-state index contributed by atoms with van der Waals surface area (Å²) in [6, 6.07) is 3.78. The number of amides is 1. The molecule has 1 aromatic rings. The van der Waals surface area contributed by atoms with Crippen molar-refractivity contribution in [2.75, 3.05) is 5.32 Å². The van der Waals surface area contributed by atoms with Gasteiger partial charge in [0.1, 0.15) is 12.0 Å². The summed E-state index contributed by atoms with van der Waals surface area (Å²) in [6.45, 7) is 0. The molecular weight excluding hydrogens is 255 g/mol. The molecule has 0 aromatic heterocycles. The van der Waals surface area contributed by atoms with E-state index in [1.54, 1.807) is 0 Å². The topological polar surface area (TPSA) is 130 Å². The molecule has 0 saturated heterocycles. The molecule has 19 heavy (non-hydrogen) atoms. The predicted molar refractivity (Wildman–Crippen MR) is 66.8 cm³/mol. The number of nitro benzene ring substituents is 1. The highest BCUT2D eigenvalue weighted by Gasteiger charge is 2.27. The van der Waals surface area contributed by atoms with E-state index in [0.29, 0.717) is 6.29 Å². The Morgan fingerprint density at radius 1 is 1.47 bits per heavy atom. The number of hydrogen-bond acceptors (Lipinski definition) is 6. The molecule has 0 aliphatic rings. The van der Waals surface area contributed by atoms with Crippen LogP contribution in [0.25, 0.3) is 0 Å². The van der Waals surface area contributed by atoms with Gasteiger partial charge in [0.15, 0.2) is 0 Å². The Kier molecular flexibility index (Phi) is 5.16. The van der Waals surface area contributed by atoms with E-state index in [1.165, 1.54) is 18.2 Å². The zero-order valence-electron chi connectivity index (χ0n) is 9.78. The van der Waals surface area contributed by atoms with Crippen LogP contribution in [-0.4, -0.2) is 34.3 Å². The highest BCUT2D eigenvalue weighted by molar-refractivity contribution is 6.60. The highest BCUT2D eigenvalue weighted by Crippen LogP contribution is 2.22. The van der Waals surface area contributed by atoms with Gasteiger partial charge in [0.25, 0.3) is 5.69 Å². The summed E-state index contributed by atoms with van der Waals surface area (Å²) in [4.78, 5) is 31.6. The number of rotatable bonds is 6. The van der Waals surface area contributed by atoms with Gasteiger partial charge in [-0.15, -0.1) is 0 Å². The van der Waals surface area contributed by atoms with E-state index in [9.17, 15) is 19.7 Å². The van der Waals surface area contributed by atoms with Crippen molar-refractivity contribution in [2.45, 2.75) is 12.8 Å². The Hall–Kier alpha value is -2.26. The molecule has 1 amide bonds. The van der Waals surface area contributed by atoms with E-state index in [1.807, 2.05) is 0 Å². The second kappa shape index (κ2) is 6.62. The average Bonchev–Trinajstić information content (AvgIpc) is 2.35. The number of anilines is 1. The van der Waals surface area contributed by atoms with Gasteiger partial charge in [-0.25, -0.2) is 0 Å². The summed E-state index contributed by atoms with van der Waals surface area (Å²) in [5, 5.41) is 31.3. The summed E-state index contributed by atoms with van der Waals surface area (Å²) in [6.07, 6.45) is 0.455. The van der Waals surface area contributed by atoms with Crippen LogP contribution in [0.5, 0.6) is 0 Å². The summed E-state index contributed by atoms with van der Waals surface area (Å²) in [7, 11) is -2.02. The molecule has 0 fully saturated rings. The second-order valence-electron chi connectivity index (χ2n) is 3.63. The zero-order chi connectivity index (χ0) is 14.4. The first-order chi connectivity index (χ1) is 8.97. The first-order valence-electron chi connectivity index (χ1n) is 5.34. The van der Waals surface area contributed by atoms with Gasteiger partial charge in [-0.2, -0.15) is 0 Å². The fourth-order valence-electron chi connectivity index (χ4n) is 1.48. The van der Waals surface area contributed by atoms with Crippen LogP contribution in [0.1, 0.15) is 12.8 Å². The SMILES string of the molecule is O=CCCC(=O)Nc1cccc(B(O)O)c1[N+](=O)[O-]. The van der Waals surface area contributed by atoms with Crippen molar-refractivity contribution in [1.29, 1.82) is 0 Å². The van der Waals surface area contributed by atoms with Crippen LogP contribution in [0.3, 0.4) is 0 Å². The van der Waals surface area contributed by atoms with Crippen molar-refractivity contribution in [2.24, 2.45) is 0 Å². The summed E-state index contributed by atoms with van der Waals surface area (Å²) >= 11 is 0. The van der Waals surface area contributed by atoms with Crippen LogP contribution >= 0.6 is 0 Å². The minimum atomic E-state index is -2.02. The maximum atomic E-state index is 11.4. The summed E-state index contributed by atoms with van der Waals surface area (Å²) < 4.78 is 0. The molecule has 0 radical (unpaired) electrons. The predicted octanol–water partition coefficient (Wildman–Crippen LogP) is -0.808. The number of para-hydroxylation sites is 1. The quantitative estimate of drug-likeness (QED) is 0.267. The fraction of sp³-hybridized carbons (Fsp3) is 0.200. The number of carbonyl (C=O) groups is 2. The van der Waals surface area contributed by atoms with Crippen molar-refractivity contribution in [3.05, 3.63) is 28.3 Å². The van der Waals surface area contributed by atoms with Gasteiger partial charge in [-0.1, -0.05) is 12.1 Å². The lowest BCUT2D eigenvalue weighted by atomic mass is 9.78. The maximum absolute atomic E-state index is 11.4. The molecule has 0 heterocycles. The maximum Gasteiger partial charge on any atom is 0.495 e. The third-order valence-electron chi connectivity index (χ3n) is 2.29. The van der Waals surface area contributed by atoms with E-state index in [0.717, 1.165) is 0 Å². The molecule has 0 aliphatic heterocycles. The Morgan fingerprint density at radius 2 is 2.16 bits per heavy atom. The number of nitro groups is 1. The van der Waals surface area contributed by atoms with Crippen molar-refractivity contribution in [1.82, 2.24) is 0 Å². The van der Waals surface area contributed by atoms with Gasteiger partial charge in [-0.05, 0) is 6.07 Å². The van der Waals surface area contributed by atoms with Gasteiger partial charge >= 0.3 is 7.12 Å². The van der Waals surface area contributed by atoms with Gasteiger partial charge in [0.2, 0.25) is 5.91 Å². The number of carbonyl (C=O) groups excluding carboxylic acids is 2. The van der Waals surface area contributed by atoms with Crippen LogP contribution < -0.4 is 10.8 Å². The zero-order valence-corrected chi connectivity index (χ0v) is 9.78. The van der Waals surface area contributed by atoms with E-state index < -0.39 is 23.6 Å². The molecule has 0 bridgehead atoms. The molecule has 9 heteroatoms. The molecule has 0 unspecified atom stereocenters. The van der Waals surface area contributed by atoms with Gasteiger partial charge in [-0.3, -0.25) is 14.9 Å². The Bertz CT molecular complexity index is 505. The number of nitrogens with one attached hydrogen (secondary N) is 1. The average molecular weight is 266 g/mol. The van der Waals surface area contributed by atoms with E-state index >= 15 is 0 Å². The minimum Gasteiger partial charge on any atom is -0.423 e. The Morgan fingerprint density at radius 3 is 2.68 bits per heavy atom. The number of aldehydes is 1. The molecular formula is C10H11BN2O6. The van der Waals surface area contributed by atoms with Crippen LogP contribution in [0.2, 0.25) is 0 Å². The van der Waals surface area contributed by atoms with Crippen molar-refractivity contribution < 1.29 is 24.6 Å². The normalized spacial score (nSPS) is 9.79. The third kappa shape index (κ3) is 3.86. The highest BCUT2D eigenvalue weighted by atomic mass is 16.6.